The van der Waals surface area contributed by atoms with Gasteiger partial charge in [-0.3, -0.25) is 14.8 Å². The third-order valence-electron chi connectivity index (χ3n) is 7.08. The Labute approximate surface area is 188 Å². The molecule has 8 nitrogen and oxygen atoms in total. The molecule has 4 aliphatic heterocycles. The number of aliphatic imine (C=N–C) groups is 1. The van der Waals surface area contributed by atoms with Gasteiger partial charge in [0.05, 0.1) is 0 Å². The number of hydrogen-bond acceptors (Lipinski definition) is 5. The van der Waals surface area contributed by atoms with Crippen molar-refractivity contribution in [3.8, 4) is 0 Å². The van der Waals surface area contributed by atoms with Crippen LogP contribution in [0.1, 0.15) is 46.5 Å². The van der Waals surface area contributed by atoms with E-state index in [0.717, 1.165) is 51.5 Å². The molecule has 5 rings (SSSR count). The fraction of sp³-hybridized carbons (Fsp3) is 0.913. The normalized spacial score (nSPS) is 29.7. The zero-order valence-corrected chi connectivity index (χ0v) is 20.0. The lowest BCUT2D eigenvalue weighted by Crippen LogP contribution is -2.64. The summed E-state index contributed by atoms with van der Waals surface area (Å²) >= 11 is 0. The first-order valence-electron chi connectivity index (χ1n) is 12.2. The second-order valence-electron chi connectivity index (χ2n) is 10.7. The van der Waals surface area contributed by atoms with Crippen LogP contribution in [-0.2, 0) is 4.74 Å². The van der Waals surface area contributed by atoms with Gasteiger partial charge in [0.1, 0.15) is 5.60 Å². The number of carbonyl (C=O) groups excluding carboxylic acids is 1. The first kappa shape index (κ1) is 22.6. The topological polar surface area (TPSA) is 63.7 Å². The summed E-state index contributed by atoms with van der Waals surface area (Å²) < 4.78 is 5.74. The predicted octanol–water partition coefficient (Wildman–Crippen LogP) is 1.67. The number of carbonyl (C=O) groups is 1. The second-order valence-corrected chi connectivity index (χ2v) is 10.7. The average molecular weight is 435 g/mol. The molecule has 1 atom stereocenters. The molecule has 4 saturated heterocycles. The van der Waals surface area contributed by atoms with E-state index in [2.05, 4.69) is 25.0 Å². The van der Waals surface area contributed by atoms with Crippen LogP contribution in [0, 0.1) is 5.92 Å². The maximum atomic E-state index is 12.9. The van der Waals surface area contributed by atoms with Crippen LogP contribution in [-0.4, -0.2) is 115 Å². The van der Waals surface area contributed by atoms with Crippen molar-refractivity contribution in [2.24, 2.45) is 10.9 Å². The molecule has 1 N–H and O–H groups in total. The van der Waals surface area contributed by atoms with Crippen LogP contribution in [0.15, 0.2) is 4.99 Å². The number of hydrogen-bond donors (Lipinski definition) is 1. The van der Waals surface area contributed by atoms with Gasteiger partial charge in [-0.25, -0.2) is 4.79 Å². The third-order valence-corrected chi connectivity index (χ3v) is 7.08. The van der Waals surface area contributed by atoms with Crippen LogP contribution >= 0.6 is 0 Å². The highest BCUT2D eigenvalue weighted by Gasteiger charge is 2.36. The van der Waals surface area contributed by atoms with E-state index >= 15 is 0 Å². The van der Waals surface area contributed by atoms with Gasteiger partial charge < -0.3 is 19.9 Å². The number of fused-ring (bicyclic) bond motifs is 3. The van der Waals surface area contributed by atoms with Crippen molar-refractivity contribution < 1.29 is 9.53 Å². The zero-order valence-electron chi connectivity index (χ0n) is 20.0. The summed E-state index contributed by atoms with van der Waals surface area (Å²) in [5, 5.41) is 3.64. The third kappa shape index (κ3) is 6.04. The van der Waals surface area contributed by atoms with E-state index in [0.29, 0.717) is 12.0 Å². The molecule has 1 amide bonds. The van der Waals surface area contributed by atoms with Gasteiger partial charge >= 0.3 is 6.09 Å². The number of piperidine rings is 1. The smallest absolute Gasteiger partial charge is 0.410 e. The summed E-state index contributed by atoms with van der Waals surface area (Å²) in [5.41, 5.74) is -0.448. The van der Waals surface area contributed by atoms with Gasteiger partial charge in [0.25, 0.3) is 0 Å². The number of ether oxygens (including phenoxy) is 1. The molecule has 5 fully saturated rings. The molecule has 0 aromatic rings. The minimum atomic E-state index is -0.448. The van der Waals surface area contributed by atoms with Gasteiger partial charge in [-0.2, -0.15) is 0 Å². The number of amides is 1. The largest absolute Gasteiger partial charge is 0.444 e. The molecular weight excluding hydrogens is 392 g/mol. The molecule has 0 spiro atoms. The second kappa shape index (κ2) is 9.53. The molecule has 4 heterocycles. The van der Waals surface area contributed by atoms with Crippen LogP contribution < -0.4 is 5.32 Å². The van der Waals surface area contributed by atoms with Crippen molar-refractivity contribution in [3.05, 3.63) is 0 Å². The van der Waals surface area contributed by atoms with Crippen molar-refractivity contribution in [3.63, 3.8) is 0 Å². The Morgan fingerprint density at radius 1 is 1.06 bits per heavy atom. The molecule has 1 unspecified atom stereocenters. The molecule has 0 aromatic heterocycles. The lowest BCUT2D eigenvalue weighted by Gasteiger charge is -2.48. The van der Waals surface area contributed by atoms with Crippen LogP contribution in [0.4, 0.5) is 4.79 Å². The maximum Gasteiger partial charge on any atom is 0.410 e. The van der Waals surface area contributed by atoms with Crippen molar-refractivity contribution in [2.75, 3.05) is 66.0 Å². The van der Waals surface area contributed by atoms with E-state index in [1.165, 1.54) is 39.0 Å². The van der Waals surface area contributed by atoms with Crippen molar-refractivity contribution in [1.82, 2.24) is 24.9 Å². The molecule has 176 valence electrons. The van der Waals surface area contributed by atoms with Crippen LogP contribution in [0.2, 0.25) is 0 Å². The van der Waals surface area contributed by atoms with Gasteiger partial charge in [0.15, 0.2) is 5.96 Å². The van der Waals surface area contributed by atoms with E-state index in [9.17, 15) is 4.79 Å². The van der Waals surface area contributed by atoms with Crippen LogP contribution in [0.5, 0.6) is 0 Å². The zero-order chi connectivity index (χ0) is 22.0. The van der Waals surface area contributed by atoms with Crippen LogP contribution in [0.3, 0.4) is 0 Å². The molecular formula is C23H42N6O2. The predicted molar refractivity (Wildman–Crippen MR) is 123 cm³/mol. The molecule has 0 radical (unpaired) electrons. The summed E-state index contributed by atoms with van der Waals surface area (Å²) in [5.74, 6) is 1.67. The average Bonchev–Trinajstić information content (AvgIpc) is 3.57. The quantitative estimate of drug-likeness (QED) is 0.525. The Morgan fingerprint density at radius 3 is 2.26 bits per heavy atom. The molecule has 5 aliphatic rings. The van der Waals surface area contributed by atoms with Crippen molar-refractivity contribution in [1.29, 1.82) is 0 Å². The SMILES string of the molecule is CN=C(NCC1CN2CCN1CC2)N1CCC(N(CC2CC2)C(=O)OC(C)(C)C)CC1. The Morgan fingerprint density at radius 2 is 1.74 bits per heavy atom. The molecule has 31 heavy (non-hydrogen) atoms. The van der Waals surface area contributed by atoms with E-state index in [4.69, 9.17) is 4.74 Å². The highest BCUT2D eigenvalue weighted by atomic mass is 16.6. The van der Waals surface area contributed by atoms with E-state index in [1.54, 1.807) is 0 Å². The summed E-state index contributed by atoms with van der Waals surface area (Å²) in [7, 11) is 1.88. The maximum absolute atomic E-state index is 12.9. The van der Waals surface area contributed by atoms with Crippen molar-refractivity contribution in [2.45, 2.75) is 64.1 Å². The molecule has 0 aromatic carbocycles. The molecule has 1 aliphatic carbocycles. The van der Waals surface area contributed by atoms with Gasteiger partial charge in [-0.15, -0.1) is 0 Å². The number of nitrogens with one attached hydrogen (secondary N) is 1. The Hall–Kier alpha value is -1.54. The van der Waals surface area contributed by atoms with Gasteiger partial charge in [-0.05, 0) is 52.4 Å². The summed E-state index contributed by atoms with van der Waals surface area (Å²) in [6.45, 7) is 15.5. The fourth-order valence-corrected chi connectivity index (χ4v) is 5.12. The fourth-order valence-electron chi connectivity index (χ4n) is 5.12. The first-order chi connectivity index (χ1) is 14.8. The van der Waals surface area contributed by atoms with E-state index in [1.807, 2.05) is 32.7 Å². The number of rotatable bonds is 5. The highest BCUT2D eigenvalue weighted by Crippen LogP contribution is 2.32. The molecule has 1 saturated carbocycles. The summed E-state index contributed by atoms with van der Waals surface area (Å²) in [6.07, 6.45) is 4.28. The Balaban J connectivity index is 1.28. The summed E-state index contributed by atoms with van der Waals surface area (Å²) in [6, 6.07) is 0.843. The van der Waals surface area contributed by atoms with Gasteiger partial charge in [-0.1, -0.05) is 0 Å². The molecule has 8 heteroatoms. The van der Waals surface area contributed by atoms with E-state index in [-0.39, 0.29) is 12.1 Å². The van der Waals surface area contributed by atoms with Gasteiger partial charge in [0.2, 0.25) is 0 Å². The lowest BCUT2D eigenvalue weighted by molar-refractivity contribution is 0.00890. The van der Waals surface area contributed by atoms with E-state index < -0.39 is 5.60 Å². The van der Waals surface area contributed by atoms with Crippen LogP contribution in [0.25, 0.3) is 0 Å². The van der Waals surface area contributed by atoms with Crippen molar-refractivity contribution >= 4 is 12.1 Å². The number of nitrogens with zero attached hydrogens (tertiary/aromatic N) is 5. The summed E-state index contributed by atoms with van der Waals surface area (Å²) in [4.78, 5) is 27.0. The lowest BCUT2D eigenvalue weighted by atomic mass is 10.0. The Kier molecular flexibility index (Phi) is 6.96. The number of likely N-dealkylation sites (tertiary alicyclic amines) is 1. The number of guanidine groups is 1. The highest BCUT2D eigenvalue weighted by molar-refractivity contribution is 5.80. The van der Waals surface area contributed by atoms with Gasteiger partial charge in [0, 0.05) is 78.0 Å². The standard InChI is InChI=1S/C23H42N6O2/c1-23(2,3)31-22(30)29(16-18-5-6-18)19-7-9-28(10-8-19)21(24-4)25-15-20-17-26-11-13-27(20)14-12-26/h18-20H,5-17H2,1-4H3,(H,24,25). The molecule has 2 bridgehead atoms. The Bertz CT molecular complexity index is 643. The minimum Gasteiger partial charge on any atom is -0.444 e. The monoisotopic (exact) mass is 434 g/mol. The number of piperazine rings is 3. The minimum absolute atomic E-state index is 0.142. The first-order valence-corrected chi connectivity index (χ1v) is 12.2.